The molecule has 4 heterocycles. The van der Waals surface area contributed by atoms with Gasteiger partial charge in [-0.25, -0.2) is 9.97 Å². The van der Waals surface area contributed by atoms with Crippen LogP contribution in [0.15, 0.2) is 55.0 Å². The van der Waals surface area contributed by atoms with Crippen molar-refractivity contribution in [3.8, 4) is 17.4 Å². The van der Waals surface area contributed by atoms with Crippen molar-refractivity contribution >= 4 is 11.5 Å². The SMILES string of the molecule is Cc1cccc(-n2nc(C)cc2Oc2ccnc(Nc3cnn(CC(C)(C)O)c3)c2)n1. The van der Waals surface area contributed by atoms with E-state index in [1.807, 2.05) is 44.3 Å². The molecular weight excluding hydrogens is 394 g/mol. The van der Waals surface area contributed by atoms with Gasteiger partial charge >= 0.3 is 0 Å². The monoisotopic (exact) mass is 419 g/mol. The predicted octanol–water partition coefficient (Wildman–Crippen LogP) is 3.78. The molecule has 0 aliphatic heterocycles. The lowest BCUT2D eigenvalue weighted by Gasteiger charge is -2.16. The molecular formula is C22H25N7O2. The molecule has 9 heteroatoms. The van der Waals surface area contributed by atoms with Crippen LogP contribution >= 0.6 is 0 Å². The lowest BCUT2D eigenvalue weighted by atomic mass is 10.1. The van der Waals surface area contributed by atoms with Gasteiger partial charge in [0, 0.05) is 30.2 Å². The molecule has 0 aromatic carbocycles. The summed E-state index contributed by atoms with van der Waals surface area (Å²) < 4.78 is 9.46. The largest absolute Gasteiger partial charge is 0.439 e. The molecule has 0 aliphatic carbocycles. The van der Waals surface area contributed by atoms with Crippen LogP contribution in [0.1, 0.15) is 25.2 Å². The molecule has 4 rings (SSSR count). The Kier molecular flexibility index (Phi) is 5.43. The Hall–Kier alpha value is -3.72. The number of hydrogen-bond donors (Lipinski definition) is 2. The van der Waals surface area contributed by atoms with E-state index < -0.39 is 5.60 Å². The third-order valence-corrected chi connectivity index (χ3v) is 4.30. The van der Waals surface area contributed by atoms with Gasteiger partial charge < -0.3 is 15.2 Å². The summed E-state index contributed by atoms with van der Waals surface area (Å²) in [5.41, 5.74) is 1.64. The summed E-state index contributed by atoms with van der Waals surface area (Å²) in [6.07, 6.45) is 5.16. The second-order valence-corrected chi connectivity index (χ2v) is 8.02. The molecule has 9 nitrogen and oxygen atoms in total. The molecule has 0 saturated carbocycles. The maximum atomic E-state index is 9.95. The van der Waals surface area contributed by atoms with Gasteiger partial charge in [-0.15, -0.1) is 0 Å². The van der Waals surface area contributed by atoms with Gasteiger partial charge in [-0.05, 0) is 45.9 Å². The van der Waals surface area contributed by atoms with Gasteiger partial charge in [0.15, 0.2) is 5.82 Å². The zero-order valence-electron chi connectivity index (χ0n) is 17.9. The Morgan fingerprint density at radius 3 is 2.74 bits per heavy atom. The first-order valence-electron chi connectivity index (χ1n) is 9.92. The van der Waals surface area contributed by atoms with Crippen LogP contribution < -0.4 is 10.1 Å². The molecule has 0 spiro atoms. The van der Waals surface area contributed by atoms with Gasteiger partial charge in [0.1, 0.15) is 11.6 Å². The first kappa shape index (κ1) is 20.5. The van der Waals surface area contributed by atoms with E-state index in [4.69, 9.17) is 4.74 Å². The first-order valence-corrected chi connectivity index (χ1v) is 9.92. The lowest BCUT2D eigenvalue weighted by molar-refractivity contribution is 0.0578. The van der Waals surface area contributed by atoms with Crippen molar-refractivity contribution in [3.05, 3.63) is 66.4 Å². The molecule has 4 aromatic rings. The third kappa shape index (κ3) is 5.26. The Labute approximate surface area is 180 Å². The van der Waals surface area contributed by atoms with Crippen molar-refractivity contribution in [2.24, 2.45) is 0 Å². The second-order valence-electron chi connectivity index (χ2n) is 8.02. The first-order chi connectivity index (χ1) is 14.7. The molecule has 0 bridgehead atoms. The Morgan fingerprint density at radius 2 is 1.97 bits per heavy atom. The molecule has 0 saturated heterocycles. The lowest BCUT2D eigenvalue weighted by Crippen LogP contribution is -2.26. The van der Waals surface area contributed by atoms with Gasteiger partial charge in [-0.3, -0.25) is 4.68 Å². The number of aryl methyl sites for hydroxylation is 2. The third-order valence-electron chi connectivity index (χ3n) is 4.30. The highest BCUT2D eigenvalue weighted by atomic mass is 16.5. The van der Waals surface area contributed by atoms with E-state index in [2.05, 4.69) is 25.5 Å². The number of hydrogen-bond acceptors (Lipinski definition) is 7. The van der Waals surface area contributed by atoms with Gasteiger partial charge in [0.2, 0.25) is 5.88 Å². The van der Waals surface area contributed by atoms with Crippen LogP contribution in [-0.2, 0) is 6.54 Å². The summed E-state index contributed by atoms with van der Waals surface area (Å²) in [4.78, 5) is 8.87. The second kappa shape index (κ2) is 8.19. The highest BCUT2D eigenvalue weighted by Gasteiger charge is 2.15. The van der Waals surface area contributed by atoms with Crippen molar-refractivity contribution in [2.75, 3.05) is 5.32 Å². The number of anilines is 2. The molecule has 160 valence electrons. The zero-order chi connectivity index (χ0) is 22.0. The van der Waals surface area contributed by atoms with Gasteiger partial charge in [-0.2, -0.15) is 14.9 Å². The molecule has 0 fully saturated rings. The number of pyridine rings is 2. The summed E-state index contributed by atoms with van der Waals surface area (Å²) in [5.74, 6) is 2.47. The Balaban J connectivity index is 1.52. The highest BCUT2D eigenvalue weighted by Crippen LogP contribution is 2.27. The fourth-order valence-electron chi connectivity index (χ4n) is 3.08. The number of nitrogens with zero attached hydrogens (tertiary/aromatic N) is 6. The highest BCUT2D eigenvalue weighted by molar-refractivity contribution is 5.55. The summed E-state index contributed by atoms with van der Waals surface area (Å²) in [6.45, 7) is 7.71. The topological polar surface area (TPSA) is 103 Å². The molecule has 0 atom stereocenters. The molecule has 0 radical (unpaired) electrons. The predicted molar refractivity (Wildman–Crippen MR) is 117 cm³/mol. The van der Waals surface area contributed by atoms with Crippen LogP contribution in [0.25, 0.3) is 5.82 Å². The average Bonchev–Trinajstić information content (AvgIpc) is 3.26. The van der Waals surface area contributed by atoms with E-state index in [1.54, 1.807) is 47.7 Å². The van der Waals surface area contributed by atoms with Crippen molar-refractivity contribution in [2.45, 2.75) is 39.8 Å². The minimum atomic E-state index is -0.845. The summed E-state index contributed by atoms with van der Waals surface area (Å²) in [6, 6.07) is 11.2. The standard InChI is InChI=1S/C22H25N7O2/c1-15-6-5-7-20(25-15)29-21(10-16(2)27-29)31-18-8-9-23-19(11-18)26-17-12-24-28(13-17)14-22(3,4)30/h5-13,30H,14H2,1-4H3,(H,23,26). The number of aliphatic hydroxyl groups is 1. The number of aromatic nitrogens is 6. The van der Waals surface area contributed by atoms with Gasteiger partial charge in [0.05, 0.1) is 29.7 Å². The minimum absolute atomic E-state index is 0.390. The quantitative estimate of drug-likeness (QED) is 0.470. The maximum Gasteiger partial charge on any atom is 0.224 e. The van der Waals surface area contributed by atoms with Crippen molar-refractivity contribution in [1.82, 2.24) is 29.5 Å². The van der Waals surface area contributed by atoms with E-state index in [1.165, 1.54) is 0 Å². The molecule has 2 N–H and O–H groups in total. The van der Waals surface area contributed by atoms with Crippen LogP contribution in [0.5, 0.6) is 11.6 Å². The number of ether oxygens (including phenoxy) is 1. The zero-order valence-corrected chi connectivity index (χ0v) is 17.9. The van der Waals surface area contributed by atoms with Gasteiger partial charge in [-0.1, -0.05) is 6.07 Å². The summed E-state index contributed by atoms with van der Waals surface area (Å²) in [5, 5.41) is 21.9. The van der Waals surface area contributed by atoms with Crippen LogP contribution in [0.2, 0.25) is 0 Å². The minimum Gasteiger partial charge on any atom is -0.439 e. The fourth-order valence-corrected chi connectivity index (χ4v) is 3.08. The van der Waals surface area contributed by atoms with E-state index in [0.29, 0.717) is 29.8 Å². The van der Waals surface area contributed by atoms with Crippen molar-refractivity contribution < 1.29 is 9.84 Å². The molecule has 0 aliphatic rings. The van der Waals surface area contributed by atoms with E-state index >= 15 is 0 Å². The van der Waals surface area contributed by atoms with Gasteiger partial charge in [0.25, 0.3) is 0 Å². The van der Waals surface area contributed by atoms with Crippen LogP contribution in [0, 0.1) is 13.8 Å². The smallest absolute Gasteiger partial charge is 0.224 e. The summed E-state index contributed by atoms with van der Waals surface area (Å²) >= 11 is 0. The van der Waals surface area contributed by atoms with Crippen LogP contribution in [0.3, 0.4) is 0 Å². The van der Waals surface area contributed by atoms with Crippen LogP contribution in [-0.4, -0.2) is 40.2 Å². The molecule has 4 aromatic heterocycles. The molecule has 0 unspecified atom stereocenters. The summed E-state index contributed by atoms with van der Waals surface area (Å²) in [7, 11) is 0. The van der Waals surface area contributed by atoms with Crippen molar-refractivity contribution in [1.29, 1.82) is 0 Å². The fraction of sp³-hybridized carbons (Fsp3) is 0.273. The number of nitrogens with one attached hydrogen (secondary N) is 1. The Bertz CT molecular complexity index is 1190. The normalized spacial score (nSPS) is 11.5. The average molecular weight is 419 g/mol. The van der Waals surface area contributed by atoms with E-state index in [0.717, 1.165) is 17.1 Å². The molecule has 31 heavy (non-hydrogen) atoms. The van der Waals surface area contributed by atoms with E-state index in [-0.39, 0.29) is 0 Å². The number of rotatable bonds is 7. The van der Waals surface area contributed by atoms with E-state index in [9.17, 15) is 5.11 Å². The van der Waals surface area contributed by atoms with Crippen LogP contribution in [0.4, 0.5) is 11.5 Å². The Morgan fingerprint density at radius 1 is 1.13 bits per heavy atom. The maximum absolute atomic E-state index is 9.95. The van der Waals surface area contributed by atoms with Crippen molar-refractivity contribution in [3.63, 3.8) is 0 Å². The molecule has 0 amide bonds.